The molecule has 0 aliphatic rings. The van der Waals surface area contributed by atoms with Crippen LogP contribution in [0.1, 0.15) is 36.7 Å². The van der Waals surface area contributed by atoms with Crippen molar-refractivity contribution < 1.29 is 9.47 Å². The van der Waals surface area contributed by atoms with Gasteiger partial charge in [-0.15, -0.1) is 0 Å². The Balaban J connectivity index is 2.39. The van der Waals surface area contributed by atoms with E-state index in [9.17, 15) is 0 Å². The van der Waals surface area contributed by atoms with E-state index in [4.69, 9.17) is 15.2 Å². The number of aromatic nitrogens is 2. The summed E-state index contributed by atoms with van der Waals surface area (Å²) in [6.07, 6.45) is 0. The molecule has 1 unspecified atom stereocenters. The van der Waals surface area contributed by atoms with E-state index in [2.05, 4.69) is 10.2 Å². The Morgan fingerprint density at radius 2 is 1.95 bits per heavy atom. The molecule has 1 aromatic carbocycles. The van der Waals surface area contributed by atoms with Crippen molar-refractivity contribution in [3.8, 4) is 11.5 Å². The van der Waals surface area contributed by atoms with Gasteiger partial charge in [0.25, 0.3) is 0 Å². The van der Waals surface area contributed by atoms with E-state index < -0.39 is 0 Å². The Hall–Kier alpha value is -2.01. The fourth-order valence-electron chi connectivity index (χ4n) is 2.36. The summed E-state index contributed by atoms with van der Waals surface area (Å²) in [5.74, 6) is 1.62. The first kappa shape index (κ1) is 15.4. The maximum Gasteiger partial charge on any atom is 0.126 e. The fraction of sp³-hybridized carbons (Fsp3) is 0.438. The van der Waals surface area contributed by atoms with E-state index in [-0.39, 0.29) is 5.92 Å². The Kier molecular flexibility index (Phi) is 5.22. The lowest BCUT2D eigenvalue weighted by Gasteiger charge is -2.18. The van der Waals surface area contributed by atoms with Crippen molar-refractivity contribution in [2.75, 3.05) is 19.8 Å². The largest absolute Gasteiger partial charge is 0.494 e. The monoisotopic (exact) mass is 289 g/mol. The van der Waals surface area contributed by atoms with Crippen molar-refractivity contribution in [2.24, 2.45) is 5.73 Å². The molecule has 1 atom stereocenters. The van der Waals surface area contributed by atoms with Crippen molar-refractivity contribution >= 4 is 0 Å². The minimum atomic E-state index is 0.00664. The maximum atomic E-state index is 5.97. The third-order valence-corrected chi connectivity index (χ3v) is 3.29. The van der Waals surface area contributed by atoms with Crippen molar-refractivity contribution in [1.82, 2.24) is 10.2 Å². The van der Waals surface area contributed by atoms with Crippen molar-refractivity contribution in [3.63, 3.8) is 0 Å². The molecule has 0 aliphatic carbocycles. The number of nitrogens with zero attached hydrogens (tertiary/aromatic N) is 1. The van der Waals surface area contributed by atoms with Gasteiger partial charge in [0.05, 0.1) is 18.9 Å². The first-order valence-corrected chi connectivity index (χ1v) is 7.31. The predicted molar refractivity (Wildman–Crippen MR) is 83.0 cm³/mol. The SMILES string of the molecule is CCOc1ccc(C(CN)c2cc(C)[nH]n2)c(OCC)c1. The van der Waals surface area contributed by atoms with Crippen LogP contribution in [0, 0.1) is 6.92 Å². The summed E-state index contributed by atoms with van der Waals surface area (Å²) in [6, 6.07) is 7.90. The summed E-state index contributed by atoms with van der Waals surface area (Å²) in [6.45, 7) is 7.60. The lowest BCUT2D eigenvalue weighted by Crippen LogP contribution is -2.15. The molecule has 1 heterocycles. The molecule has 0 radical (unpaired) electrons. The smallest absolute Gasteiger partial charge is 0.126 e. The molecule has 0 bridgehead atoms. The number of H-pyrrole nitrogens is 1. The Morgan fingerprint density at radius 1 is 1.19 bits per heavy atom. The molecule has 0 saturated heterocycles. The van der Waals surface area contributed by atoms with Gasteiger partial charge in [0.2, 0.25) is 0 Å². The van der Waals surface area contributed by atoms with Gasteiger partial charge in [-0.25, -0.2) is 0 Å². The topological polar surface area (TPSA) is 73.2 Å². The number of hydrogen-bond acceptors (Lipinski definition) is 4. The molecule has 3 N–H and O–H groups in total. The molecule has 0 aliphatic heterocycles. The zero-order valence-corrected chi connectivity index (χ0v) is 12.8. The third kappa shape index (κ3) is 3.55. The lowest BCUT2D eigenvalue weighted by atomic mass is 9.94. The predicted octanol–water partition coefficient (Wildman–Crippen LogP) is 2.61. The Morgan fingerprint density at radius 3 is 2.52 bits per heavy atom. The molecule has 1 aromatic heterocycles. The third-order valence-electron chi connectivity index (χ3n) is 3.29. The zero-order chi connectivity index (χ0) is 15.2. The fourth-order valence-corrected chi connectivity index (χ4v) is 2.36. The summed E-state index contributed by atoms with van der Waals surface area (Å²) in [5.41, 5.74) is 8.95. The van der Waals surface area contributed by atoms with Gasteiger partial charge in [-0.2, -0.15) is 5.10 Å². The van der Waals surface area contributed by atoms with Crippen molar-refractivity contribution in [3.05, 3.63) is 41.2 Å². The number of nitrogens with one attached hydrogen (secondary N) is 1. The first-order chi connectivity index (χ1) is 10.2. The van der Waals surface area contributed by atoms with Gasteiger partial charge in [-0.1, -0.05) is 6.07 Å². The van der Waals surface area contributed by atoms with Gasteiger partial charge < -0.3 is 15.2 Å². The number of aryl methyl sites for hydroxylation is 1. The number of benzene rings is 1. The average Bonchev–Trinajstić information content (AvgIpc) is 2.89. The summed E-state index contributed by atoms with van der Waals surface area (Å²) in [4.78, 5) is 0. The number of aromatic amines is 1. The maximum absolute atomic E-state index is 5.97. The van der Waals surface area contributed by atoms with Crippen LogP contribution in [0.15, 0.2) is 24.3 Å². The van der Waals surface area contributed by atoms with E-state index in [1.807, 2.05) is 45.0 Å². The molecule has 0 saturated carbocycles. The van der Waals surface area contributed by atoms with Crippen LogP contribution < -0.4 is 15.2 Å². The van der Waals surface area contributed by atoms with Gasteiger partial charge in [-0.05, 0) is 32.9 Å². The van der Waals surface area contributed by atoms with Crippen LogP contribution in [-0.4, -0.2) is 30.0 Å². The molecular weight excluding hydrogens is 266 g/mol. The Labute approximate surface area is 125 Å². The molecule has 0 amide bonds. The Bertz CT molecular complexity index is 581. The van der Waals surface area contributed by atoms with E-state index in [1.165, 1.54) is 0 Å². The standard InChI is InChI=1S/C16H23N3O2/c1-4-20-12-6-7-13(16(9-12)21-5-2)14(10-17)15-8-11(3)18-19-15/h6-9,14H,4-5,10,17H2,1-3H3,(H,18,19). The van der Waals surface area contributed by atoms with Gasteiger partial charge in [0, 0.05) is 29.8 Å². The quantitative estimate of drug-likeness (QED) is 0.821. The van der Waals surface area contributed by atoms with Gasteiger partial charge >= 0.3 is 0 Å². The molecule has 2 rings (SSSR count). The van der Waals surface area contributed by atoms with Crippen LogP contribution in [0.25, 0.3) is 0 Å². The second-order valence-electron chi connectivity index (χ2n) is 4.83. The normalized spacial score (nSPS) is 12.2. The lowest BCUT2D eigenvalue weighted by molar-refractivity contribution is 0.320. The molecule has 0 spiro atoms. The molecule has 5 heteroatoms. The van der Waals surface area contributed by atoms with Crippen LogP contribution >= 0.6 is 0 Å². The summed E-state index contributed by atoms with van der Waals surface area (Å²) in [5, 5.41) is 7.30. The highest BCUT2D eigenvalue weighted by atomic mass is 16.5. The van der Waals surface area contributed by atoms with Crippen molar-refractivity contribution in [2.45, 2.75) is 26.7 Å². The first-order valence-electron chi connectivity index (χ1n) is 7.31. The van der Waals surface area contributed by atoms with Crippen LogP contribution in [0.5, 0.6) is 11.5 Å². The highest BCUT2D eigenvalue weighted by Crippen LogP contribution is 2.33. The number of hydrogen-bond donors (Lipinski definition) is 2. The van der Waals surface area contributed by atoms with Gasteiger partial charge in [-0.3, -0.25) is 5.10 Å². The minimum Gasteiger partial charge on any atom is -0.494 e. The molecule has 5 nitrogen and oxygen atoms in total. The molecule has 0 fully saturated rings. The van der Waals surface area contributed by atoms with Crippen molar-refractivity contribution in [1.29, 1.82) is 0 Å². The highest BCUT2D eigenvalue weighted by Gasteiger charge is 2.20. The van der Waals surface area contributed by atoms with E-state index >= 15 is 0 Å². The van der Waals surface area contributed by atoms with Crippen LogP contribution in [0.4, 0.5) is 0 Å². The van der Waals surface area contributed by atoms with E-state index in [0.29, 0.717) is 19.8 Å². The van der Waals surface area contributed by atoms with Gasteiger partial charge in [0.15, 0.2) is 0 Å². The molecular formula is C16H23N3O2. The molecule has 2 aromatic rings. The summed E-state index contributed by atoms with van der Waals surface area (Å²) < 4.78 is 11.3. The second kappa shape index (κ2) is 7.13. The molecule has 114 valence electrons. The highest BCUT2D eigenvalue weighted by molar-refractivity contribution is 5.45. The number of ether oxygens (including phenoxy) is 2. The van der Waals surface area contributed by atoms with E-state index in [0.717, 1.165) is 28.5 Å². The summed E-state index contributed by atoms with van der Waals surface area (Å²) in [7, 11) is 0. The van der Waals surface area contributed by atoms with Crippen LogP contribution in [0.2, 0.25) is 0 Å². The van der Waals surface area contributed by atoms with E-state index in [1.54, 1.807) is 0 Å². The molecule has 21 heavy (non-hydrogen) atoms. The average molecular weight is 289 g/mol. The zero-order valence-electron chi connectivity index (χ0n) is 12.8. The number of rotatable bonds is 7. The summed E-state index contributed by atoms with van der Waals surface area (Å²) >= 11 is 0. The van der Waals surface area contributed by atoms with Crippen LogP contribution in [-0.2, 0) is 0 Å². The second-order valence-corrected chi connectivity index (χ2v) is 4.83. The number of nitrogens with two attached hydrogens (primary N) is 1. The van der Waals surface area contributed by atoms with Gasteiger partial charge in [0.1, 0.15) is 11.5 Å². The minimum absolute atomic E-state index is 0.00664. The van der Waals surface area contributed by atoms with Crippen LogP contribution in [0.3, 0.4) is 0 Å².